The fraction of sp³-hybridized carbons (Fsp3) is 0.160. The van der Waals surface area contributed by atoms with Gasteiger partial charge in [-0.3, -0.25) is 0 Å². The van der Waals surface area contributed by atoms with E-state index in [0.29, 0.717) is 0 Å². The summed E-state index contributed by atoms with van der Waals surface area (Å²) in [6, 6.07) is 29.2. The first kappa shape index (κ1) is 18.8. The number of hydrogen-bond donors (Lipinski definition) is 1. The number of thioether (sulfide) groups is 1. The molecule has 1 N–H and O–H groups in total. The highest BCUT2D eigenvalue weighted by molar-refractivity contribution is 7.99. The number of hydrogen-bond acceptors (Lipinski definition) is 4. The number of para-hydroxylation sites is 1. The van der Waals surface area contributed by atoms with Gasteiger partial charge in [0, 0.05) is 23.4 Å². The molecule has 0 saturated heterocycles. The maximum absolute atomic E-state index is 5.37. The standard InChI is InChI=1S/C25H23N3OS/c1-29-21-14-12-19(13-15-21)24-22-23(18-8-4-2-5-9-18)27-28(20-10-6-3-7-11-20)25(22)26-16-17-30-24/h2-15,24,26H,16-17H2,1H3/t24-/m1/s1. The molecule has 0 saturated carbocycles. The van der Waals surface area contributed by atoms with E-state index in [1.807, 2.05) is 36.0 Å². The Hall–Kier alpha value is -3.18. The number of nitrogens with one attached hydrogen (secondary N) is 1. The predicted octanol–water partition coefficient (Wildman–Crippen LogP) is 5.80. The van der Waals surface area contributed by atoms with Gasteiger partial charge in [-0.25, -0.2) is 4.68 Å². The van der Waals surface area contributed by atoms with Gasteiger partial charge in [0.05, 0.1) is 23.7 Å². The fourth-order valence-electron chi connectivity index (χ4n) is 3.88. The van der Waals surface area contributed by atoms with Gasteiger partial charge in [-0.2, -0.15) is 5.10 Å². The normalized spacial score (nSPS) is 15.7. The molecule has 1 aliphatic rings. The first-order chi connectivity index (χ1) is 14.8. The number of ether oxygens (including phenoxy) is 1. The summed E-state index contributed by atoms with van der Waals surface area (Å²) >= 11 is 1.95. The number of fused-ring (bicyclic) bond motifs is 1. The third kappa shape index (κ3) is 3.46. The molecule has 5 rings (SSSR count). The van der Waals surface area contributed by atoms with Gasteiger partial charge < -0.3 is 10.1 Å². The zero-order valence-electron chi connectivity index (χ0n) is 16.8. The van der Waals surface area contributed by atoms with E-state index in [2.05, 4.69) is 70.7 Å². The van der Waals surface area contributed by atoms with Crippen molar-refractivity contribution in [2.24, 2.45) is 0 Å². The summed E-state index contributed by atoms with van der Waals surface area (Å²) in [5.74, 6) is 2.97. The van der Waals surface area contributed by atoms with Crippen molar-refractivity contribution in [3.05, 3.63) is 96.1 Å². The van der Waals surface area contributed by atoms with Gasteiger partial charge in [0.15, 0.2) is 0 Å². The van der Waals surface area contributed by atoms with E-state index in [1.54, 1.807) is 7.11 Å². The first-order valence-electron chi connectivity index (χ1n) is 10.1. The number of rotatable bonds is 4. The van der Waals surface area contributed by atoms with Crippen molar-refractivity contribution in [3.8, 4) is 22.7 Å². The topological polar surface area (TPSA) is 39.1 Å². The van der Waals surface area contributed by atoms with Crippen LogP contribution >= 0.6 is 11.8 Å². The van der Waals surface area contributed by atoms with Crippen molar-refractivity contribution in [3.63, 3.8) is 0 Å². The molecule has 2 heterocycles. The minimum atomic E-state index is 0.188. The second-order valence-corrected chi connectivity index (χ2v) is 8.39. The van der Waals surface area contributed by atoms with E-state index in [4.69, 9.17) is 9.84 Å². The van der Waals surface area contributed by atoms with Crippen molar-refractivity contribution in [2.45, 2.75) is 5.25 Å². The highest BCUT2D eigenvalue weighted by Crippen LogP contribution is 2.46. The van der Waals surface area contributed by atoms with E-state index < -0.39 is 0 Å². The number of nitrogens with zero attached hydrogens (tertiary/aromatic N) is 2. The second kappa shape index (κ2) is 8.28. The third-order valence-corrected chi connectivity index (χ3v) is 6.61. The lowest BCUT2D eigenvalue weighted by atomic mass is 10.00. The van der Waals surface area contributed by atoms with Crippen molar-refractivity contribution < 1.29 is 4.74 Å². The van der Waals surface area contributed by atoms with E-state index >= 15 is 0 Å². The zero-order valence-corrected chi connectivity index (χ0v) is 17.6. The molecule has 1 aromatic heterocycles. The van der Waals surface area contributed by atoms with Gasteiger partial charge in [0.2, 0.25) is 0 Å². The van der Waals surface area contributed by atoms with Crippen LogP contribution in [0.4, 0.5) is 5.82 Å². The molecule has 5 heteroatoms. The van der Waals surface area contributed by atoms with Gasteiger partial charge in [-0.1, -0.05) is 60.7 Å². The van der Waals surface area contributed by atoms with Crippen molar-refractivity contribution in [1.82, 2.24) is 9.78 Å². The molecule has 4 aromatic rings. The van der Waals surface area contributed by atoms with Crippen LogP contribution in [-0.2, 0) is 0 Å². The molecule has 3 aromatic carbocycles. The smallest absolute Gasteiger partial charge is 0.135 e. The highest BCUT2D eigenvalue weighted by Gasteiger charge is 2.30. The van der Waals surface area contributed by atoms with Crippen LogP contribution < -0.4 is 10.1 Å². The van der Waals surface area contributed by atoms with Crippen LogP contribution in [-0.4, -0.2) is 29.2 Å². The maximum atomic E-state index is 5.37. The Labute approximate surface area is 180 Å². The molecule has 0 aliphatic carbocycles. The van der Waals surface area contributed by atoms with Crippen LogP contribution in [0.5, 0.6) is 5.75 Å². The predicted molar refractivity (Wildman–Crippen MR) is 125 cm³/mol. The lowest BCUT2D eigenvalue weighted by Gasteiger charge is -2.17. The monoisotopic (exact) mass is 413 g/mol. The van der Waals surface area contributed by atoms with E-state index in [1.165, 1.54) is 11.1 Å². The van der Waals surface area contributed by atoms with E-state index in [0.717, 1.165) is 40.8 Å². The minimum Gasteiger partial charge on any atom is -0.497 e. The Morgan fingerprint density at radius 2 is 1.63 bits per heavy atom. The molecule has 1 aliphatic heterocycles. The molecule has 0 bridgehead atoms. The van der Waals surface area contributed by atoms with Crippen LogP contribution in [0.15, 0.2) is 84.9 Å². The molecule has 4 nitrogen and oxygen atoms in total. The largest absolute Gasteiger partial charge is 0.497 e. The average molecular weight is 414 g/mol. The van der Waals surface area contributed by atoms with Gasteiger partial charge in [0.25, 0.3) is 0 Å². The van der Waals surface area contributed by atoms with Crippen molar-refractivity contribution in [2.75, 3.05) is 24.7 Å². The van der Waals surface area contributed by atoms with Crippen LogP contribution in [0.25, 0.3) is 16.9 Å². The molecular formula is C25H23N3OS. The molecule has 0 amide bonds. The van der Waals surface area contributed by atoms with Gasteiger partial charge in [-0.05, 0) is 29.8 Å². The Balaban J connectivity index is 1.73. The summed E-state index contributed by atoms with van der Waals surface area (Å²) in [4.78, 5) is 0. The first-order valence-corrected chi connectivity index (χ1v) is 11.1. The summed E-state index contributed by atoms with van der Waals surface area (Å²) in [7, 11) is 1.70. The molecule has 30 heavy (non-hydrogen) atoms. The number of methoxy groups -OCH3 is 1. The molecule has 0 spiro atoms. The Bertz CT molecular complexity index is 1120. The summed E-state index contributed by atoms with van der Waals surface area (Å²) in [6.45, 7) is 0.900. The van der Waals surface area contributed by atoms with Gasteiger partial charge in [0.1, 0.15) is 11.6 Å². The number of aromatic nitrogens is 2. The summed E-state index contributed by atoms with van der Waals surface area (Å²) < 4.78 is 7.43. The van der Waals surface area contributed by atoms with Crippen LogP contribution in [0.3, 0.4) is 0 Å². The van der Waals surface area contributed by atoms with E-state index in [-0.39, 0.29) is 5.25 Å². The molecule has 0 fully saturated rings. The average Bonchev–Trinajstić information content (AvgIpc) is 3.06. The number of anilines is 1. The van der Waals surface area contributed by atoms with Gasteiger partial charge >= 0.3 is 0 Å². The fourth-order valence-corrected chi connectivity index (χ4v) is 5.08. The van der Waals surface area contributed by atoms with Gasteiger partial charge in [-0.15, -0.1) is 11.8 Å². The summed E-state index contributed by atoms with van der Waals surface area (Å²) in [5.41, 5.74) is 5.71. The van der Waals surface area contributed by atoms with Crippen molar-refractivity contribution in [1.29, 1.82) is 0 Å². The third-order valence-electron chi connectivity index (χ3n) is 5.33. The summed E-state index contributed by atoms with van der Waals surface area (Å²) in [6.07, 6.45) is 0. The summed E-state index contributed by atoms with van der Waals surface area (Å²) in [5, 5.41) is 8.95. The lowest BCUT2D eigenvalue weighted by molar-refractivity contribution is 0.414. The Morgan fingerprint density at radius 3 is 2.33 bits per heavy atom. The molecule has 150 valence electrons. The molecule has 0 radical (unpaired) electrons. The lowest BCUT2D eigenvalue weighted by Crippen LogP contribution is -2.08. The van der Waals surface area contributed by atoms with E-state index in [9.17, 15) is 0 Å². The number of benzene rings is 3. The second-order valence-electron chi connectivity index (χ2n) is 7.18. The quantitative estimate of drug-likeness (QED) is 0.459. The highest BCUT2D eigenvalue weighted by atomic mass is 32.2. The SMILES string of the molecule is COc1ccc([C@H]2SCCNc3c2c(-c2ccccc2)nn3-c2ccccc2)cc1. The maximum Gasteiger partial charge on any atom is 0.135 e. The van der Waals surface area contributed by atoms with Crippen LogP contribution in [0, 0.1) is 0 Å². The minimum absolute atomic E-state index is 0.188. The van der Waals surface area contributed by atoms with Crippen LogP contribution in [0.2, 0.25) is 0 Å². The molecule has 1 atom stereocenters. The zero-order chi connectivity index (χ0) is 20.3. The Morgan fingerprint density at radius 1 is 0.933 bits per heavy atom. The molecule has 0 unspecified atom stereocenters. The van der Waals surface area contributed by atoms with Crippen LogP contribution in [0.1, 0.15) is 16.4 Å². The molecular weight excluding hydrogens is 390 g/mol. The Kier molecular flexibility index (Phi) is 5.20. The van der Waals surface area contributed by atoms with Crippen molar-refractivity contribution >= 4 is 17.6 Å².